The maximum atomic E-state index is 12.5. The standard InChI is InChI=1S/C20H30BN3O4S/c1-12(24-29(26)18(2,3)4)16-15-11-13(9-10-14(15)17(25)23-22-16)21-27-19(5,6)20(7,8)28-21/h9-12,24H,1-8H3,(H,23,25). The summed E-state index contributed by atoms with van der Waals surface area (Å²) in [4.78, 5) is 12.3. The van der Waals surface area contributed by atoms with E-state index in [2.05, 4.69) is 14.9 Å². The normalized spacial score (nSPS) is 20.8. The molecule has 2 atom stereocenters. The summed E-state index contributed by atoms with van der Waals surface area (Å²) in [6.07, 6.45) is 0. The lowest BCUT2D eigenvalue weighted by molar-refractivity contribution is 0.00578. The number of fused-ring (bicyclic) bond motifs is 1. The van der Waals surface area contributed by atoms with Crippen molar-refractivity contribution < 1.29 is 13.9 Å². The number of aromatic nitrogens is 2. The lowest BCUT2D eigenvalue weighted by Gasteiger charge is -2.32. The van der Waals surface area contributed by atoms with Gasteiger partial charge in [-0.1, -0.05) is 12.1 Å². The summed E-state index contributed by atoms with van der Waals surface area (Å²) in [5.41, 5.74) is 0.249. The van der Waals surface area contributed by atoms with Gasteiger partial charge in [0.2, 0.25) is 0 Å². The van der Waals surface area contributed by atoms with Gasteiger partial charge >= 0.3 is 7.12 Å². The number of benzene rings is 1. The molecule has 0 aliphatic carbocycles. The van der Waals surface area contributed by atoms with Gasteiger partial charge in [0.25, 0.3) is 5.56 Å². The van der Waals surface area contributed by atoms with Crippen LogP contribution in [-0.4, -0.2) is 37.8 Å². The van der Waals surface area contributed by atoms with Crippen molar-refractivity contribution in [2.75, 3.05) is 0 Å². The maximum absolute atomic E-state index is 12.5. The second-order valence-electron chi connectivity index (χ2n) is 9.55. The Balaban J connectivity index is 2.01. The van der Waals surface area contributed by atoms with Crippen LogP contribution in [-0.2, 0) is 20.7 Å². The predicted molar refractivity (Wildman–Crippen MR) is 118 cm³/mol. The van der Waals surface area contributed by atoms with Crippen LogP contribution in [0.5, 0.6) is 0 Å². The summed E-state index contributed by atoms with van der Waals surface area (Å²) < 4.78 is 27.5. The van der Waals surface area contributed by atoms with E-state index in [1.54, 1.807) is 6.07 Å². The lowest BCUT2D eigenvalue weighted by atomic mass is 9.78. The summed E-state index contributed by atoms with van der Waals surface area (Å²) in [6, 6.07) is 5.15. The molecule has 1 aliphatic rings. The third kappa shape index (κ3) is 4.25. The number of nitrogens with one attached hydrogen (secondary N) is 2. The highest BCUT2D eigenvalue weighted by Crippen LogP contribution is 2.36. The van der Waals surface area contributed by atoms with E-state index in [0.717, 1.165) is 5.46 Å². The van der Waals surface area contributed by atoms with Gasteiger partial charge in [-0.15, -0.1) is 4.72 Å². The molecule has 1 aliphatic heterocycles. The van der Waals surface area contributed by atoms with E-state index in [1.807, 2.05) is 67.5 Å². The molecule has 2 unspecified atom stereocenters. The minimum Gasteiger partial charge on any atom is -0.598 e. The van der Waals surface area contributed by atoms with E-state index in [1.165, 1.54) is 0 Å². The van der Waals surface area contributed by atoms with Crippen LogP contribution in [0.15, 0.2) is 23.0 Å². The predicted octanol–water partition coefficient (Wildman–Crippen LogP) is 2.34. The molecule has 1 saturated heterocycles. The van der Waals surface area contributed by atoms with Crippen LogP contribution < -0.4 is 15.7 Å². The van der Waals surface area contributed by atoms with E-state index >= 15 is 0 Å². The van der Waals surface area contributed by atoms with E-state index < -0.39 is 34.4 Å². The molecule has 3 rings (SSSR count). The molecule has 1 aromatic carbocycles. The summed E-state index contributed by atoms with van der Waals surface area (Å²) >= 11 is -1.28. The number of hydrogen-bond donors (Lipinski definition) is 2. The van der Waals surface area contributed by atoms with E-state index in [4.69, 9.17) is 9.31 Å². The van der Waals surface area contributed by atoms with Gasteiger partial charge < -0.3 is 13.9 Å². The van der Waals surface area contributed by atoms with Gasteiger partial charge in [-0.3, -0.25) is 4.79 Å². The molecule has 1 aromatic heterocycles. The Labute approximate surface area is 175 Å². The first-order chi connectivity index (χ1) is 13.2. The zero-order chi connectivity index (χ0) is 21.8. The van der Waals surface area contributed by atoms with E-state index in [9.17, 15) is 9.35 Å². The summed E-state index contributed by atoms with van der Waals surface area (Å²) in [7, 11) is -0.538. The third-order valence-corrected chi connectivity index (χ3v) is 7.30. The fourth-order valence-electron chi connectivity index (χ4n) is 3.05. The zero-order valence-corrected chi connectivity index (χ0v) is 19.2. The van der Waals surface area contributed by atoms with Crippen molar-refractivity contribution in [1.82, 2.24) is 14.9 Å². The van der Waals surface area contributed by atoms with Crippen molar-refractivity contribution in [3.8, 4) is 0 Å². The highest BCUT2D eigenvalue weighted by atomic mass is 32.2. The average molecular weight is 419 g/mol. The first-order valence-corrected chi connectivity index (χ1v) is 10.9. The largest absolute Gasteiger partial charge is 0.598 e. The van der Waals surface area contributed by atoms with Crippen molar-refractivity contribution in [3.05, 3.63) is 34.2 Å². The number of aromatic amines is 1. The van der Waals surface area contributed by atoms with Crippen LogP contribution in [0.2, 0.25) is 0 Å². The minimum atomic E-state index is -1.28. The SMILES string of the molecule is CC(N[S+]([O-])C(C)(C)C)c1n[nH]c(=O)c2ccc(B3OC(C)(C)C(C)(C)O3)cc12. The average Bonchev–Trinajstić information content (AvgIpc) is 2.81. The Bertz CT molecular complexity index is 954. The number of H-pyrrole nitrogens is 1. The highest BCUT2D eigenvalue weighted by Gasteiger charge is 2.51. The molecule has 2 aromatic rings. The summed E-state index contributed by atoms with van der Waals surface area (Å²) in [5, 5.41) is 8.00. The number of rotatable bonds is 4. The molecule has 29 heavy (non-hydrogen) atoms. The fraction of sp³-hybridized carbons (Fsp3) is 0.600. The van der Waals surface area contributed by atoms with Crippen molar-refractivity contribution in [2.45, 2.75) is 77.4 Å². The van der Waals surface area contributed by atoms with Gasteiger partial charge in [0.15, 0.2) is 0 Å². The maximum Gasteiger partial charge on any atom is 0.494 e. The third-order valence-electron chi connectivity index (χ3n) is 5.62. The molecule has 2 N–H and O–H groups in total. The highest BCUT2D eigenvalue weighted by molar-refractivity contribution is 7.90. The van der Waals surface area contributed by atoms with Gasteiger partial charge in [-0.2, -0.15) is 5.10 Å². The monoisotopic (exact) mass is 419 g/mol. The molecule has 0 amide bonds. The van der Waals surface area contributed by atoms with Gasteiger partial charge in [0.05, 0.1) is 28.3 Å². The first kappa shape index (κ1) is 22.3. The molecule has 0 bridgehead atoms. The van der Waals surface area contributed by atoms with Crippen molar-refractivity contribution in [2.24, 2.45) is 0 Å². The molecule has 0 radical (unpaired) electrons. The quantitative estimate of drug-likeness (QED) is 0.583. The molecular formula is C20H30BN3O4S. The Kier molecular flexibility index (Phi) is 5.68. The van der Waals surface area contributed by atoms with Gasteiger partial charge in [-0.05, 0) is 66.9 Å². The fourth-order valence-corrected chi connectivity index (χ4v) is 3.84. The van der Waals surface area contributed by atoms with Crippen LogP contribution in [0.1, 0.15) is 67.1 Å². The zero-order valence-electron chi connectivity index (χ0n) is 18.4. The molecule has 0 saturated carbocycles. The topological polar surface area (TPSA) is 99.3 Å². The first-order valence-electron chi connectivity index (χ1n) is 9.79. The molecule has 0 spiro atoms. The van der Waals surface area contributed by atoms with Crippen molar-refractivity contribution in [3.63, 3.8) is 0 Å². The van der Waals surface area contributed by atoms with Gasteiger partial charge in [0.1, 0.15) is 4.75 Å². The second-order valence-corrected chi connectivity index (χ2v) is 11.5. The smallest absolute Gasteiger partial charge is 0.494 e. The molecular weight excluding hydrogens is 389 g/mol. The second kappa shape index (κ2) is 7.39. The van der Waals surface area contributed by atoms with Crippen molar-refractivity contribution in [1.29, 1.82) is 0 Å². The number of nitrogens with zero attached hydrogens (tertiary/aromatic N) is 1. The summed E-state index contributed by atoms with van der Waals surface area (Å²) in [6.45, 7) is 15.6. The van der Waals surface area contributed by atoms with Crippen LogP contribution in [0.4, 0.5) is 0 Å². The molecule has 158 valence electrons. The molecule has 1 fully saturated rings. The van der Waals surface area contributed by atoms with Crippen LogP contribution in [0.3, 0.4) is 0 Å². The Morgan fingerprint density at radius 3 is 2.31 bits per heavy atom. The Morgan fingerprint density at radius 2 is 1.76 bits per heavy atom. The van der Waals surface area contributed by atoms with Crippen LogP contribution in [0, 0.1) is 0 Å². The van der Waals surface area contributed by atoms with Crippen molar-refractivity contribution >= 4 is 34.7 Å². The van der Waals surface area contributed by atoms with E-state index in [-0.39, 0.29) is 11.6 Å². The summed E-state index contributed by atoms with van der Waals surface area (Å²) in [5.74, 6) is 0. The Hall–Kier alpha value is -1.39. The molecule has 2 heterocycles. The van der Waals surface area contributed by atoms with Gasteiger partial charge in [0, 0.05) is 16.7 Å². The van der Waals surface area contributed by atoms with Gasteiger partial charge in [-0.25, -0.2) is 5.10 Å². The Morgan fingerprint density at radius 1 is 1.17 bits per heavy atom. The van der Waals surface area contributed by atoms with Crippen LogP contribution in [0.25, 0.3) is 10.8 Å². The minimum absolute atomic E-state index is 0.270. The van der Waals surface area contributed by atoms with E-state index in [0.29, 0.717) is 16.5 Å². The molecule has 9 heteroatoms. The lowest BCUT2D eigenvalue weighted by Crippen LogP contribution is -2.41. The van der Waals surface area contributed by atoms with Crippen LogP contribution >= 0.6 is 0 Å². The number of hydrogen-bond acceptors (Lipinski definition) is 6. The molecule has 7 nitrogen and oxygen atoms in total.